The van der Waals surface area contributed by atoms with E-state index in [1.165, 1.54) is 41.3 Å². The lowest BCUT2D eigenvalue weighted by molar-refractivity contribution is -0.118. The predicted molar refractivity (Wildman–Crippen MR) is 119 cm³/mol. The van der Waals surface area contributed by atoms with E-state index in [9.17, 15) is 18.8 Å². The van der Waals surface area contributed by atoms with Crippen molar-refractivity contribution in [1.82, 2.24) is 9.55 Å². The molecule has 8 heteroatoms. The van der Waals surface area contributed by atoms with E-state index in [0.717, 1.165) is 0 Å². The molecule has 0 saturated heterocycles. The van der Waals surface area contributed by atoms with Gasteiger partial charge in [0.25, 0.3) is 5.56 Å². The first kappa shape index (κ1) is 20.6. The molecule has 2 aromatic heterocycles. The molecule has 4 rings (SSSR count). The molecule has 0 spiro atoms. The SMILES string of the molecule is CC(=O)c1cccc(NC(=O)C(C)n2cnc3scc(-c4ccc(F)cc4)c3c2=O)c1. The van der Waals surface area contributed by atoms with Gasteiger partial charge in [0.2, 0.25) is 5.91 Å². The van der Waals surface area contributed by atoms with Crippen LogP contribution in [0.5, 0.6) is 0 Å². The molecule has 1 atom stereocenters. The molecule has 1 unspecified atom stereocenters. The number of aromatic nitrogens is 2. The highest BCUT2D eigenvalue weighted by Crippen LogP contribution is 2.31. The highest BCUT2D eigenvalue weighted by molar-refractivity contribution is 7.17. The Balaban J connectivity index is 1.68. The zero-order valence-electron chi connectivity index (χ0n) is 16.8. The minimum atomic E-state index is -0.841. The fourth-order valence-corrected chi connectivity index (χ4v) is 4.16. The van der Waals surface area contributed by atoms with E-state index >= 15 is 0 Å². The van der Waals surface area contributed by atoms with Crippen molar-refractivity contribution in [1.29, 1.82) is 0 Å². The summed E-state index contributed by atoms with van der Waals surface area (Å²) in [6.07, 6.45) is 1.35. The smallest absolute Gasteiger partial charge is 0.263 e. The fraction of sp³-hybridized carbons (Fsp3) is 0.130. The number of ketones is 1. The maximum Gasteiger partial charge on any atom is 0.263 e. The summed E-state index contributed by atoms with van der Waals surface area (Å²) in [7, 11) is 0. The van der Waals surface area contributed by atoms with Crippen LogP contribution in [-0.2, 0) is 4.79 Å². The normalized spacial score (nSPS) is 12.0. The van der Waals surface area contributed by atoms with Crippen molar-refractivity contribution < 1.29 is 14.0 Å². The van der Waals surface area contributed by atoms with Crippen LogP contribution in [0.25, 0.3) is 21.3 Å². The summed E-state index contributed by atoms with van der Waals surface area (Å²) in [5, 5.41) is 4.93. The van der Waals surface area contributed by atoms with Crippen LogP contribution in [0.15, 0.2) is 65.0 Å². The van der Waals surface area contributed by atoms with Gasteiger partial charge in [-0.2, -0.15) is 0 Å². The van der Waals surface area contributed by atoms with Crippen molar-refractivity contribution >= 4 is 38.9 Å². The predicted octanol–water partition coefficient (Wildman–Crippen LogP) is 4.67. The molecule has 2 aromatic carbocycles. The highest BCUT2D eigenvalue weighted by Gasteiger charge is 2.20. The second kappa shape index (κ2) is 8.23. The first-order chi connectivity index (χ1) is 14.8. The van der Waals surface area contributed by atoms with Crippen molar-refractivity contribution in [3.8, 4) is 11.1 Å². The molecular weight excluding hydrogens is 417 g/mol. The van der Waals surface area contributed by atoms with Crippen LogP contribution < -0.4 is 10.9 Å². The van der Waals surface area contributed by atoms with Gasteiger partial charge in [0.05, 0.1) is 11.7 Å². The molecule has 6 nitrogen and oxygen atoms in total. The summed E-state index contributed by atoms with van der Waals surface area (Å²) in [5.41, 5.74) is 1.93. The van der Waals surface area contributed by atoms with Crippen LogP contribution in [0.2, 0.25) is 0 Å². The molecule has 0 bridgehead atoms. The molecule has 156 valence electrons. The molecule has 31 heavy (non-hydrogen) atoms. The third-order valence-corrected chi connectivity index (χ3v) is 5.89. The van der Waals surface area contributed by atoms with Crippen LogP contribution in [0.1, 0.15) is 30.2 Å². The Bertz CT molecular complexity index is 1360. The van der Waals surface area contributed by atoms with Crippen LogP contribution in [0.3, 0.4) is 0 Å². The Morgan fingerprint density at radius 3 is 2.61 bits per heavy atom. The molecule has 2 heterocycles. The summed E-state index contributed by atoms with van der Waals surface area (Å²) in [5.74, 6) is -0.888. The molecule has 0 aliphatic carbocycles. The molecule has 0 radical (unpaired) electrons. The molecule has 1 amide bonds. The van der Waals surface area contributed by atoms with Crippen molar-refractivity contribution in [3.05, 3.63) is 82.0 Å². The number of amides is 1. The number of carbonyl (C=O) groups excluding carboxylic acids is 2. The van der Waals surface area contributed by atoms with Gasteiger partial charge < -0.3 is 5.32 Å². The zero-order valence-corrected chi connectivity index (χ0v) is 17.6. The fourth-order valence-electron chi connectivity index (χ4n) is 3.25. The second-order valence-electron chi connectivity index (χ2n) is 7.10. The molecule has 1 N–H and O–H groups in total. The van der Waals surface area contributed by atoms with E-state index in [1.54, 1.807) is 48.7 Å². The molecule has 0 aliphatic rings. The van der Waals surface area contributed by atoms with E-state index in [2.05, 4.69) is 10.3 Å². The standard InChI is InChI=1S/C23H18FN3O3S/c1-13(21(29)26-18-5-3-4-16(10-18)14(2)28)27-12-25-22-20(23(27)30)19(11-31-22)15-6-8-17(24)9-7-15/h3-13H,1-2H3,(H,26,29). The number of fused-ring (bicyclic) bond motifs is 1. The van der Waals surface area contributed by atoms with E-state index in [4.69, 9.17) is 0 Å². The number of thiophene rings is 1. The first-order valence-electron chi connectivity index (χ1n) is 9.51. The number of benzene rings is 2. The summed E-state index contributed by atoms with van der Waals surface area (Å²) in [6, 6.07) is 11.6. The maximum atomic E-state index is 13.3. The van der Waals surface area contributed by atoms with Crippen LogP contribution in [-0.4, -0.2) is 21.2 Å². The molecule has 0 saturated carbocycles. The van der Waals surface area contributed by atoms with Crippen molar-refractivity contribution in [2.75, 3.05) is 5.32 Å². The Morgan fingerprint density at radius 1 is 1.16 bits per heavy atom. The van der Waals surface area contributed by atoms with Gasteiger partial charge in [-0.25, -0.2) is 9.37 Å². The van der Waals surface area contributed by atoms with Gasteiger partial charge in [0.15, 0.2) is 5.78 Å². The van der Waals surface area contributed by atoms with Gasteiger partial charge >= 0.3 is 0 Å². The topological polar surface area (TPSA) is 81.1 Å². The van der Waals surface area contributed by atoms with E-state index in [-0.39, 0.29) is 17.2 Å². The Labute approximate surface area is 181 Å². The number of nitrogens with zero attached hydrogens (tertiary/aromatic N) is 2. The number of anilines is 1. The van der Waals surface area contributed by atoms with Crippen LogP contribution in [0.4, 0.5) is 10.1 Å². The van der Waals surface area contributed by atoms with E-state index in [1.807, 2.05) is 0 Å². The molecule has 0 fully saturated rings. The number of carbonyl (C=O) groups is 2. The quantitative estimate of drug-likeness (QED) is 0.462. The third kappa shape index (κ3) is 4.02. The van der Waals surface area contributed by atoms with Crippen LogP contribution in [0, 0.1) is 5.82 Å². The van der Waals surface area contributed by atoms with Gasteiger partial charge in [0, 0.05) is 22.2 Å². The maximum absolute atomic E-state index is 13.3. The van der Waals surface area contributed by atoms with E-state index in [0.29, 0.717) is 32.6 Å². The van der Waals surface area contributed by atoms with Gasteiger partial charge in [-0.1, -0.05) is 24.3 Å². The van der Waals surface area contributed by atoms with Gasteiger partial charge in [0.1, 0.15) is 16.7 Å². The number of hydrogen-bond acceptors (Lipinski definition) is 5. The van der Waals surface area contributed by atoms with Gasteiger partial charge in [-0.05, 0) is 43.7 Å². The largest absolute Gasteiger partial charge is 0.324 e. The first-order valence-corrected chi connectivity index (χ1v) is 10.4. The lowest BCUT2D eigenvalue weighted by Crippen LogP contribution is -2.31. The number of hydrogen-bond donors (Lipinski definition) is 1. The summed E-state index contributed by atoms with van der Waals surface area (Å²) in [6.45, 7) is 3.05. The number of nitrogens with one attached hydrogen (secondary N) is 1. The number of rotatable bonds is 5. The lowest BCUT2D eigenvalue weighted by atomic mass is 10.1. The van der Waals surface area contributed by atoms with Crippen molar-refractivity contribution in [2.24, 2.45) is 0 Å². The minimum absolute atomic E-state index is 0.110. The average Bonchev–Trinajstić information content (AvgIpc) is 3.19. The highest BCUT2D eigenvalue weighted by atomic mass is 32.1. The van der Waals surface area contributed by atoms with Crippen LogP contribution >= 0.6 is 11.3 Å². The zero-order chi connectivity index (χ0) is 22.1. The van der Waals surface area contributed by atoms with E-state index < -0.39 is 11.9 Å². The molecule has 0 aliphatic heterocycles. The Hall–Kier alpha value is -3.65. The van der Waals surface area contributed by atoms with Gasteiger partial charge in [-0.3, -0.25) is 19.0 Å². The third-order valence-electron chi connectivity index (χ3n) is 5.01. The summed E-state index contributed by atoms with van der Waals surface area (Å²) < 4.78 is 14.6. The van der Waals surface area contributed by atoms with Crippen molar-refractivity contribution in [3.63, 3.8) is 0 Å². The number of halogens is 1. The summed E-state index contributed by atoms with van der Waals surface area (Å²) >= 11 is 1.31. The second-order valence-corrected chi connectivity index (χ2v) is 7.95. The van der Waals surface area contributed by atoms with Gasteiger partial charge in [-0.15, -0.1) is 11.3 Å². The number of Topliss-reactive ketones (excluding diaryl/α,β-unsaturated/α-hetero) is 1. The molecule has 4 aromatic rings. The lowest BCUT2D eigenvalue weighted by Gasteiger charge is -2.15. The molecular formula is C23H18FN3O3S. The monoisotopic (exact) mass is 435 g/mol. The van der Waals surface area contributed by atoms with Crippen molar-refractivity contribution in [2.45, 2.75) is 19.9 Å². The summed E-state index contributed by atoms with van der Waals surface area (Å²) in [4.78, 5) is 42.5. The minimum Gasteiger partial charge on any atom is -0.324 e. The average molecular weight is 435 g/mol. The Morgan fingerprint density at radius 2 is 1.90 bits per heavy atom. The Kier molecular flexibility index (Phi) is 5.48.